The van der Waals surface area contributed by atoms with E-state index in [9.17, 15) is 4.79 Å². The summed E-state index contributed by atoms with van der Waals surface area (Å²) in [6, 6.07) is 0.363. The van der Waals surface area contributed by atoms with Crippen LogP contribution >= 0.6 is 0 Å². The van der Waals surface area contributed by atoms with E-state index < -0.39 is 0 Å². The van der Waals surface area contributed by atoms with Crippen molar-refractivity contribution in [3.63, 3.8) is 0 Å². The van der Waals surface area contributed by atoms with Crippen molar-refractivity contribution >= 4 is 5.91 Å². The first-order valence-electron chi connectivity index (χ1n) is 6.24. The highest BCUT2D eigenvalue weighted by molar-refractivity contribution is 5.76. The van der Waals surface area contributed by atoms with Gasteiger partial charge in [0.1, 0.15) is 0 Å². The van der Waals surface area contributed by atoms with E-state index in [0.29, 0.717) is 18.4 Å². The van der Waals surface area contributed by atoms with Crippen molar-refractivity contribution in [2.75, 3.05) is 13.1 Å². The largest absolute Gasteiger partial charge is 0.353 e. The Balaban J connectivity index is 2.13. The van der Waals surface area contributed by atoms with E-state index >= 15 is 0 Å². The van der Waals surface area contributed by atoms with Gasteiger partial charge in [0.2, 0.25) is 5.91 Å². The summed E-state index contributed by atoms with van der Waals surface area (Å²) < 4.78 is 0. The molecule has 3 heteroatoms. The maximum Gasteiger partial charge on any atom is 0.221 e. The molecule has 1 aliphatic carbocycles. The molecule has 0 bridgehead atoms. The predicted molar refractivity (Wildman–Crippen MR) is 62.7 cm³/mol. The Bertz CT molecular complexity index is 188. The highest BCUT2D eigenvalue weighted by Gasteiger charge is 2.22. The third-order valence-electron chi connectivity index (χ3n) is 3.27. The molecule has 0 aromatic carbocycles. The minimum Gasteiger partial charge on any atom is -0.353 e. The summed E-state index contributed by atoms with van der Waals surface area (Å²) in [6.45, 7) is 5.92. The van der Waals surface area contributed by atoms with Gasteiger partial charge in [-0.25, -0.2) is 0 Å². The number of carbonyl (C=O) groups excluding carboxylic acids is 1. The van der Waals surface area contributed by atoms with Crippen LogP contribution in [-0.2, 0) is 4.79 Å². The van der Waals surface area contributed by atoms with E-state index in [4.69, 9.17) is 0 Å². The van der Waals surface area contributed by atoms with Crippen LogP contribution in [0.1, 0.15) is 46.0 Å². The average molecular weight is 212 g/mol. The van der Waals surface area contributed by atoms with Crippen LogP contribution in [0.3, 0.4) is 0 Å². The van der Waals surface area contributed by atoms with Gasteiger partial charge in [0.25, 0.3) is 0 Å². The van der Waals surface area contributed by atoms with Crippen LogP contribution in [0.4, 0.5) is 0 Å². The molecule has 1 aliphatic rings. The van der Waals surface area contributed by atoms with E-state index in [-0.39, 0.29) is 5.91 Å². The zero-order valence-electron chi connectivity index (χ0n) is 10.0. The predicted octanol–water partition coefficient (Wildman–Crippen LogP) is 1.68. The van der Waals surface area contributed by atoms with Gasteiger partial charge in [-0.1, -0.05) is 19.8 Å². The van der Waals surface area contributed by atoms with Crippen molar-refractivity contribution in [3.05, 3.63) is 0 Å². The number of rotatable bonds is 6. The fraction of sp³-hybridized carbons (Fsp3) is 0.917. The standard InChI is InChI=1S/C12H24N2O/c1-3-13-9-8-12(15)14-10(2)11-6-4-5-7-11/h10-11,13H,3-9H2,1-2H3,(H,14,15)/t10-/m1/s1. The molecule has 1 amide bonds. The van der Waals surface area contributed by atoms with Crippen molar-refractivity contribution in [1.29, 1.82) is 0 Å². The number of amides is 1. The van der Waals surface area contributed by atoms with Gasteiger partial charge in [-0.3, -0.25) is 4.79 Å². The quantitative estimate of drug-likeness (QED) is 0.658. The zero-order valence-corrected chi connectivity index (χ0v) is 10.0. The number of hydrogen-bond acceptors (Lipinski definition) is 2. The second kappa shape index (κ2) is 6.83. The minimum absolute atomic E-state index is 0.190. The topological polar surface area (TPSA) is 41.1 Å². The normalized spacial score (nSPS) is 19.1. The molecule has 2 N–H and O–H groups in total. The van der Waals surface area contributed by atoms with E-state index in [0.717, 1.165) is 13.1 Å². The summed E-state index contributed by atoms with van der Waals surface area (Å²) in [4.78, 5) is 11.5. The summed E-state index contributed by atoms with van der Waals surface area (Å²) in [7, 11) is 0. The minimum atomic E-state index is 0.190. The van der Waals surface area contributed by atoms with Crippen LogP contribution in [0.5, 0.6) is 0 Å². The van der Waals surface area contributed by atoms with Gasteiger partial charge >= 0.3 is 0 Å². The first kappa shape index (κ1) is 12.5. The maximum absolute atomic E-state index is 11.5. The molecule has 0 aromatic heterocycles. The Morgan fingerprint density at radius 3 is 2.67 bits per heavy atom. The smallest absolute Gasteiger partial charge is 0.221 e. The average Bonchev–Trinajstić information content (AvgIpc) is 2.70. The van der Waals surface area contributed by atoms with Gasteiger partial charge in [-0.05, 0) is 32.2 Å². The summed E-state index contributed by atoms with van der Waals surface area (Å²) in [6.07, 6.45) is 5.85. The SMILES string of the molecule is CCNCCC(=O)N[C@H](C)C1CCCC1. The Morgan fingerprint density at radius 2 is 2.07 bits per heavy atom. The lowest BCUT2D eigenvalue weighted by molar-refractivity contribution is -0.121. The second-order valence-corrected chi connectivity index (χ2v) is 4.50. The lowest BCUT2D eigenvalue weighted by Crippen LogP contribution is -2.38. The molecule has 0 radical (unpaired) electrons. The molecule has 0 spiro atoms. The molecule has 88 valence electrons. The van der Waals surface area contributed by atoms with Crippen LogP contribution in [0.15, 0.2) is 0 Å². The fourth-order valence-corrected chi connectivity index (χ4v) is 2.28. The van der Waals surface area contributed by atoms with Crippen LogP contribution in [0.25, 0.3) is 0 Å². The monoisotopic (exact) mass is 212 g/mol. The Morgan fingerprint density at radius 1 is 1.40 bits per heavy atom. The van der Waals surface area contributed by atoms with Crippen molar-refractivity contribution in [2.45, 2.75) is 52.0 Å². The molecular formula is C12H24N2O. The van der Waals surface area contributed by atoms with Gasteiger partial charge in [-0.2, -0.15) is 0 Å². The van der Waals surface area contributed by atoms with E-state index in [1.54, 1.807) is 0 Å². The first-order valence-corrected chi connectivity index (χ1v) is 6.24. The van der Waals surface area contributed by atoms with E-state index in [1.807, 2.05) is 0 Å². The van der Waals surface area contributed by atoms with Gasteiger partial charge in [0.15, 0.2) is 0 Å². The van der Waals surface area contributed by atoms with Gasteiger partial charge < -0.3 is 10.6 Å². The summed E-state index contributed by atoms with van der Waals surface area (Å²) in [5, 5.41) is 6.26. The number of carbonyl (C=O) groups is 1. The molecule has 0 aliphatic heterocycles. The molecule has 0 heterocycles. The highest BCUT2D eigenvalue weighted by atomic mass is 16.1. The van der Waals surface area contributed by atoms with Gasteiger partial charge in [0, 0.05) is 19.0 Å². The first-order chi connectivity index (χ1) is 7.24. The third kappa shape index (κ3) is 4.65. The molecule has 1 fully saturated rings. The number of hydrogen-bond donors (Lipinski definition) is 2. The fourth-order valence-electron chi connectivity index (χ4n) is 2.28. The molecule has 0 unspecified atom stereocenters. The molecule has 1 rings (SSSR count). The van der Waals surface area contributed by atoms with E-state index in [2.05, 4.69) is 24.5 Å². The lowest BCUT2D eigenvalue weighted by atomic mass is 10.00. The van der Waals surface area contributed by atoms with Crippen LogP contribution in [0, 0.1) is 5.92 Å². The van der Waals surface area contributed by atoms with Crippen molar-refractivity contribution in [3.8, 4) is 0 Å². The Hall–Kier alpha value is -0.570. The highest BCUT2D eigenvalue weighted by Crippen LogP contribution is 2.27. The lowest BCUT2D eigenvalue weighted by Gasteiger charge is -2.20. The van der Waals surface area contributed by atoms with Crippen molar-refractivity contribution in [1.82, 2.24) is 10.6 Å². The van der Waals surface area contributed by atoms with Crippen LogP contribution < -0.4 is 10.6 Å². The van der Waals surface area contributed by atoms with Gasteiger partial charge in [0.05, 0.1) is 0 Å². The molecule has 1 atom stereocenters. The summed E-state index contributed by atoms with van der Waals surface area (Å²) >= 11 is 0. The molecule has 0 aromatic rings. The maximum atomic E-state index is 11.5. The van der Waals surface area contributed by atoms with Crippen LogP contribution in [-0.4, -0.2) is 25.0 Å². The van der Waals surface area contributed by atoms with E-state index in [1.165, 1.54) is 25.7 Å². The summed E-state index contributed by atoms with van der Waals surface area (Å²) in [5.41, 5.74) is 0. The molecule has 3 nitrogen and oxygen atoms in total. The van der Waals surface area contributed by atoms with Crippen molar-refractivity contribution in [2.24, 2.45) is 5.92 Å². The molecule has 15 heavy (non-hydrogen) atoms. The summed E-state index contributed by atoms with van der Waals surface area (Å²) in [5.74, 6) is 0.906. The zero-order chi connectivity index (χ0) is 11.1. The second-order valence-electron chi connectivity index (χ2n) is 4.50. The molecule has 0 saturated heterocycles. The van der Waals surface area contributed by atoms with Crippen molar-refractivity contribution < 1.29 is 4.79 Å². The van der Waals surface area contributed by atoms with Gasteiger partial charge in [-0.15, -0.1) is 0 Å². The molecular weight excluding hydrogens is 188 g/mol. The molecule has 1 saturated carbocycles. The van der Waals surface area contributed by atoms with Crippen LogP contribution in [0.2, 0.25) is 0 Å². The number of nitrogens with one attached hydrogen (secondary N) is 2. The Labute approximate surface area is 93.0 Å². The Kier molecular flexibility index (Phi) is 5.69. The third-order valence-corrected chi connectivity index (χ3v) is 3.27.